The predicted octanol–water partition coefficient (Wildman–Crippen LogP) is 8.77. The second kappa shape index (κ2) is 10.3. The summed E-state index contributed by atoms with van der Waals surface area (Å²) in [6.45, 7) is 2.05. The highest BCUT2D eigenvalue weighted by Crippen LogP contribution is 2.39. The number of phenols is 1. The maximum atomic E-state index is 15.0. The highest BCUT2D eigenvalue weighted by atomic mass is 19.2. The average molecular weight is 451 g/mol. The van der Waals surface area contributed by atoms with Gasteiger partial charge >= 0.3 is 0 Å². The molecule has 0 aromatic heterocycles. The minimum Gasteiger partial charge on any atom is -0.505 e. The molecule has 0 unspecified atom stereocenters. The average Bonchev–Trinajstić information content (AvgIpc) is 2.83. The van der Waals surface area contributed by atoms with Gasteiger partial charge < -0.3 is 5.11 Å². The Balaban J connectivity index is 1.46. The van der Waals surface area contributed by atoms with Crippen LogP contribution in [0, 0.1) is 23.4 Å². The second-order valence-electron chi connectivity index (χ2n) is 8.94. The maximum Gasteiger partial charge on any atom is 0.200 e. The Kier molecular flexibility index (Phi) is 7.22. The summed E-state index contributed by atoms with van der Waals surface area (Å²) in [6.07, 6.45) is 11.0. The summed E-state index contributed by atoms with van der Waals surface area (Å²) < 4.78 is 42.9. The Hall–Kier alpha value is -3.01. The number of phenolic OH excluding ortho intramolecular Hbond substituents is 1. The van der Waals surface area contributed by atoms with Crippen LogP contribution in [0.4, 0.5) is 13.2 Å². The molecule has 0 bridgehead atoms. The first kappa shape index (κ1) is 23.2. The van der Waals surface area contributed by atoms with Crippen molar-refractivity contribution in [1.82, 2.24) is 0 Å². The Morgan fingerprint density at radius 1 is 0.818 bits per heavy atom. The first-order chi connectivity index (χ1) is 16.0. The lowest BCUT2D eigenvalue weighted by atomic mass is 9.77. The lowest BCUT2D eigenvalue weighted by Crippen LogP contribution is -2.14. The van der Waals surface area contributed by atoms with E-state index in [2.05, 4.69) is 12.2 Å². The van der Waals surface area contributed by atoms with Crippen LogP contribution in [-0.4, -0.2) is 5.11 Å². The van der Waals surface area contributed by atoms with Crippen LogP contribution >= 0.6 is 0 Å². The molecule has 1 N–H and O–H groups in total. The van der Waals surface area contributed by atoms with E-state index in [9.17, 15) is 13.9 Å². The van der Waals surface area contributed by atoms with Crippen molar-refractivity contribution in [1.29, 1.82) is 0 Å². The molecule has 172 valence electrons. The highest BCUT2D eigenvalue weighted by molar-refractivity contribution is 5.71. The summed E-state index contributed by atoms with van der Waals surface area (Å²) in [6, 6.07) is 14.8. The fourth-order valence-corrected chi connectivity index (χ4v) is 4.90. The van der Waals surface area contributed by atoms with Crippen LogP contribution in [0.2, 0.25) is 0 Å². The fraction of sp³-hybridized carbons (Fsp3) is 0.310. The van der Waals surface area contributed by atoms with Gasteiger partial charge in [0, 0.05) is 5.56 Å². The molecule has 0 heterocycles. The van der Waals surface area contributed by atoms with Crippen molar-refractivity contribution in [3.8, 4) is 28.0 Å². The third kappa shape index (κ3) is 5.16. The molecular formula is C29H29F3O. The van der Waals surface area contributed by atoms with Gasteiger partial charge in [-0.25, -0.2) is 8.78 Å². The molecule has 1 aliphatic carbocycles. The van der Waals surface area contributed by atoms with Gasteiger partial charge in [0.25, 0.3) is 0 Å². The summed E-state index contributed by atoms with van der Waals surface area (Å²) in [5, 5.41) is 9.31. The van der Waals surface area contributed by atoms with Crippen LogP contribution in [0.3, 0.4) is 0 Å². The van der Waals surface area contributed by atoms with E-state index in [1.165, 1.54) is 12.5 Å². The molecule has 1 fully saturated rings. The molecule has 0 amide bonds. The molecular weight excluding hydrogens is 421 g/mol. The van der Waals surface area contributed by atoms with Crippen molar-refractivity contribution < 1.29 is 18.3 Å². The van der Waals surface area contributed by atoms with Gasteiger partial charge in [0.05, 0.1) is 0 Å². The summed E-state index contributed by atoms with van der Waals surface area (Å²) >= 11 is 0. The molecule has 0 spiro atoms. The van der Waals surface area contributed by atoms with Gasteiger partial charge in [-0.2, -0.15) is 4.39 Å². The third-order valence-electron chi connectivity index (χ3n) is 6.86. The number of hydrogen-bond acceptors (Lipinski definition) is 1. The molecule has 1 saturated carbocycles. The molecule has 4 rings (SSSR count). The van der Waals surface area contributed by atoms with E-state index >= 15 is 4.39 Å². The van der Waals surface area contributed by atoms with E-state index in [0.29, 0.717) is 5.56 Å². The van der Waals surface area contributed by atoms with Crippen LogP contribution in [-0.2, 0) is 0 Å². The standard InChI is InChI=1S/C29H29F3O/c1-2-3-4-5-19-6-8-21(9-7-19)24-15-14-23(18-26(24)30)20-10-12-22(13-11-20)25-16-17-27(33)29(32)28(25)31/h2-3,10-19,21,33H,4-9H2,1H3/b3-2+. The molecule has 0 radical (unpaired) electrons. The quantitative estimate of drug-likeness (QED) is 0.372. The molecule has 4 heteroatoms. The summed E-state index contributed by atoms with van der Waals surface area (Å²) in [5.74, 6) is -2.24. The lowest BCUT2D eigenvalue weighted by molar-refractivity contribution is 0.308. The number of benzene rings is 3. The van der Waals surface area contributed by atoms with Crippen LogP contribution in [0.1, 0.15) is 56.9 Å². The molecule has 3 aromatic rings. The molecule has 3 aromatic carbocycles. The van der Waals surface area contributed by atoms with E-state index in [0.717, 1.165) is 60.8 Å². The van der Waals surface area contributed by atoms with E-state index in [4.69, 9.17) is 0 Å². The summed E-state index contributed by atoms with van der Waals surface area (Å²) in [4.78, 5) is 0. The smallest absolute Gasteiger partial charge is 0.200 e. The van der Waals surface area contributed by atoms with E-state index in [1.807, 2.05) is 19.1 Å². The van der Waals surface area contributed by atoms with Gasteiger partial charge in [-0.3, -0.25) is 0 Å². The van der Waals surface area contributed by atoms with Crippen molar-refractivity contribution in [3.63, 3.8) is 0 Å². The van der Waals surface area contributed by atoms with Crippen molar-refractivity contribution in [2.24, 2.45) is 5.92 Å². The van der Waals surface area contributed by atoms with Gasteiger partial charge in [0.15, 0.2) is 11.6 Å². The molecule has 1 nitrogen and oxygen atoms in total. The Morgan fingerprint density at radius 2 is 1.48 bits per heavy atom. The predicted molar refractivity (Wildman–Crippen MR) is 128 cm³/mol. The molecule has 0 aliphatic heterocycles. The number of halogens is 3. The Morgan fingerprint density at radius 3 is 2.15 bits per heavy atom. The van der Waals surface area contributed by atoms with E-state index in [1.54, 1.807) is 30.3 Å². The number of hydrogen-bond donors (Lipinski definition) is 1. The molecule has 1 aliphatic rings. The molecule has 33 heavy (non-hydrogen) atoms. The summed E-state index contributed by atoms with van der Waals surface area (Å²) in [5.41, 5.74) is 2.90. The normalized spacial score (nSPS) is 18.7. The van der Waals surface area contributed by atoms with Crippen molar-refractivity contribution in [3.05, 3.63) is 89.8 Å². The van der Waals surface area contributed by atoms with E-state index in [-0.39, 0.29) is 17.3 Å². The van der Waals surface area contributed by atoms with E-state index < -0.39 is 17.4 Å². The number of aromatic hydroxyl groups is 1. The Labute approximate surface area is 193 Å². The molecule has 0 saturated heterocycles. The topological polar surface area (TPSA) is 20.2 Å². The molecule has 0 atom stereocenters. The van der Waals surface area contributed by atoms with Crippen LogP contribution in [0.15, 0.2) is 66.7 Å². The third-order valence-corrected chi connectivity index (χ3v) is 6.86. The van der Waals surface area contributed by atoms with Gasteiger partial charge in [-0.05, 0) is 97.7 Å². The highest BCUT2D eigenvalue weighted by Gasteiger charge is 2.24. The van der Waals surface area contributed by atoms with Crippen LogP contribution in [0.25, 0.3) is 22.3 Å². The van der Waals surface area contributed by atoms with Crippen molar-refractivity contribution >= 4 is 0 Å². The SMILES string of the molecule is C/C=C/CCC1CCC(c2ccc(-c3ccc(-c4ccc(O)c(F)c4F)cc3)cc2F)CC1. The van der Waals surface area contributed by atoms with Gasteiger partial charge in [0.2, 0.25) is 5.82 Å². The van der Waals surface area contributed by atoms with Crippen LogP contribution < -0.4 is 0 Å². The number of rotatable bonds is 6. The largest absolute Gasteiger partial charge is 0.505 e. The monoisotopic (exact) mass is 450 g/mol. The zero-order valence-electron chi connectivity index (χ0n) is 18.8. The van der Waals surface area contributed by atoms with Gasteiger partial charge in [0.1, 0.15) is 5.82 Å². The van der Waals surface area contributed by atoms with Crippen molar-refractivity contribution in [2.75, 3.05) is 0 Å². The minimum absolute atomic E-state index is 0.0692. The fourth-order valence-electron chi connectivity index (χ4n) is 4.90. The van der Waals surface area contributed by atoms with Crippen LogP contribution in [0.5, 0.6) is 5.75 Å². The maximum absolute atomic E-state index is 15.0. The zero-order valence-corrected chi connectivity index (χ0v) is 18.8. The summed E-state index contributed by atoms with van der Waals surface area (Å²) in [7, 11) is 0. The first-order valence-electron chi connectivity index (χ1n) is 11.7. The second-order valence-corrected chi connectivity index (χ2v) is 8.94. The van der Waals surface area contributed by atoms with Crippen molar-refractivity contribution in [2.45, 2.75) is 51.4 Å². The van der Waals surface area contributed by atoms with Gasteiger partial charge in [-0.1, -0.05) is 48.6 Å². The Bertz CT molecular complexity index is 1130. The van der Waals surface area contributed by atoms with Gasteiger partial charge in [-0.15, -0.1) is 0 Å². The zero-order chi connectivity index (χ0) is 23.4. The minimum atomic E-state index is -1.26. The lowest BCUT2D eigenvalue weighted by Gasteiger charge is -2.29. The first-order valence-corrected chi connectivity index (χ1v) is 11.7. The number of allylic oxidation sites excluding steroid dienone is 2.